The number of hydrogen-bond donors (Lipinski definition) is 1. The van der Waals surface area contributed by atoms with Crippen molar-refractivity contribution in [2.75, 3.05) is 27.4 Å². The molecular formula is C21H25NO4. The maximum atomic E-state index is 12.1. The van der Waals surface area contributed by atoms with E-state index in [1.54, 1.807) is 14.2 Å². The predicted molar refractivity (Wildman–Crippen MR) is 100 cm³/mol. The van der Waals surface area contributed by atoms with Crippen molar-refractivity contribution in [1.82, 2.24) is 5.32 Å². The number of ether oxygens (including phenoxy) is 3. The lowest BCUT2D eigenvalue weighted by Crippen LogP contribution is -2.35. The van der Waals surface area contributed by atoms with Crippen molar-refractivity contribution in [3.63, 3.8) is 0 Å². The van der Waals surface area contributed by atoms with Crippen LogP contribution in [0.25, 0.3) is 0 Å². The standard InChI is InChI=1S/C21H25NO4/c1-15-4-7-17(8-5-15)26-13-20(23)22-14-21(10-11-21)16-6-9-18(24-2)19(12-16)25-3/h4-9,12H,10-11,13-14H2,1-3H3,(H,22,23). The first-order valence-corrected chi connectivity index (χ1v) is 8.75. The molecule has 1 amide bonds. The zero-order valence-corrected chi connectivity index (χ0v) is 15.5. The van der Waals surface area contributed by atoms with Gasteiger partial charge in [-0.25, -0.2) is 0 Å². The Morgan fingerprint density at radius 1 is 1.04 bits per heavy atom. The number of hydrogen-bond acceptors (Lipinski definition) is 4. The first-order valence-electron chi connectivity index (χ1n) is 8.75. The molecule has 0 aromatic heterocycles. The van der Waals surface area contributed by atoms with Gasteiger partial charge in [-0.3, -0.25) is 4.79 Å². The highest BCUT2D eigenvalue weighted by molar-refractivity contribution is 5.77. The minimum Gasteiger partial charge on any atom is -0.493 e. The molecular weight excluding hydrogens is 330 g/mol. The molecule has 138 valence electrons. The average molecular weight is 355 g/mol. The molecule has 0 atom stereocenters. The molecule has 1 fully saturated rings. The number of carbonyl (C=O) groups is 1. The first kappa shape index (κ1) is 18.1. The van der Waals surface area contributed by atoms with Crippen molar-refractivity contribution in [3.8, 4) is 17.2 Å². The Bertz CT molecular complexity index is 766. The Labute approximate surface area is 154 Å². The highest BCUT2D eigenvalue weighted by atomic mass is 16.5. The van der Waals surface area contributed by atoms with Gasteiger partial charge in [0.25, 0.3) is 5.91 Å². The van der Waals surface area contributed by atoms with Gasteiger partial charge < -0.3 is 19.5 Å². The van der Waals surface area contributed by atoms with E-state index >= 15 is 0 Å². The van der Waals surface area contributed by atoms with Crippen LogP contribution in [-0.2, 0) is 10.2 Å². The van der Waals surface area contributed by atoms with E-state index in [9.17, 15) is 4.79 Å². The average Bonchev–Trinajstić information content (AvgIpc) is 3.46. The molecule has 0 aliphatic heterocycles. The maximum absolute atomic E-state index is 12.1. The monoisotopic (exact) mass is 355 g/mol. The van der Waals surface area contributed by atoms with Crippen LogP contribution < -0.4 is 19.5 Å². The molecule has 1 aliphatic carbocycles. The Balaban J connectivity index is 1.55. The minimum absolute atomic E-state index is 0.0148. The quantitative estimate of drug-likeness (QED) is 0.790. The zero-order valence-electron chi connectivity index (χ0n) is 15.5. The summed E-state index contributed by atoms with van der Waals surface area (Å²) < 4.78 is 16.2. The van der Waals surface area contributed by atoms with Crippen LogP contribution >= 0.6 is 0 Å². The highest BCUT2D eigenvalue weighted by Crippen LogP contribution is 2.49. The number of amides is 1. The molecule has 0 radical (unpaired) electrons. The largest absolute Gasteiger partial charge is 0.493 e. The fraction of sp³-hybridized carbons (Fsp3) is 0.381. The normalized spacial score (nSPS) is 14.4. The predicted octanol–water partition coefficient (Wildman–Crippen LogP) is 3.24. The second-order valence-electron chi connectivity index (χ2n) is 6.73. The number of nitrogens with one attached hydrogen (secondary N) is 1. The summed E-state index contributed by atoms with van der Waals surface area (Å²) in [6.07, 6.45) is 2.09. The minimum atomic E-state index is -0.114. The molecule has 0 spiro atoms. The second-order valence-corrected chi connectivity index (χ2v) is 6.73. The molecule has 0 unspecified atom stereocenters. The third kappa shape index (κ3) is 4.10. The topological polar surface area (TPSA) is 56.8 Å². The molecule has 5 nitrogen and oxygen atoms in total. The third-order valence-corrected chi connectivity index (χ3v) is 4.86. The van der Waals surface area contributed by atoms with Crippen molar-refractivity contribution in [2.24, 2.45) is 0 Å². The van der Waals surface area contributed by atoms with Gasteiger partial charge in [-0.05, 0) is 49.6 Å². The van der Waals surface area contributed by atoms with Crippen molar-refractivity contribution in [1.29, 1.82) is 0 Å². The molecule has 2 aromatic rings. The van der Waals surface area contributed by atoms with Crippen molar-refractivity contribution in [3.05, 3.63) is 53.6 Å². The Kier molecular flexibility index (Phi) is 5.35. The van der Waals surface area contributed by atoms with Crippen LogP contribution in [-0.4, -0.2) is 33.3 Å². The number of methoxy groups -OCH3 is 2. The molecule has 1 aliphatic rings. The lowest BCUT2D eigenvalue weighted by atomic mass is 9.95. The molecule has 26 heavy (non-hydrogen) atoms. The summed E-state index contributed by atoms with van der Waals surface area (Å²) in [4.78, 5) is 12.1. The van der Waals surface area contributed by atoms with Crippen molar-refractivity contribution < 1.29 is 19.0 Å². The molecule has 1 N–H and O–H groups in total. The van der Waals surface area contributed by atoms with Gasteiger partial charge in [0.1, 0.15) is 5.75 Å². The van der Waals surface area contributed by atoms with E-state index in [2.05, 4.69) is 5.32 Å². The van der Waals surface area contributed by atoms with Gasteiger partial charge in [-0.1, -0.05) is 23.8 Å². The summed E-state index contributed by atoms with van der Waals surface area (Å²) in [6, 6.07) is 13.6. The molecule has 0 saturated heterocycles. The second kappa shape index (κ2) is 7.68. The van der Waals surface area contributed by atoms with Gasteiger partial charge in [0.15, 0.2) is 18.1 Å². The van der Waals surface area contributed by atoms with Crippen LogP contribution in [0, 0.1) is 6.92 Å². The van der Waals surface area contributed by atoms with E-state index in [1.807, 2.05) is 49.4 Å². The van der Waals surface area contributed by atoms with E-state index in [-0.39, 0.29) is 17.9 Å². The Morgan fingerprint density at radius 2 is 1.73 bits per heavy atom. The first-order chi connectivity index (χ1) is 12.6. The molecule has 0 heterocycles. The van der Waals surface area contributed by atoms with Crippen LogP contribution in [0.1, 0.15) is 24.0 Å². The lowest BCUT2D eigenvalue weighted by Gasteiger charge is -2.18. The molecule has 5 heteroatoms. The van der Waals surface area contributed by atoms with E-state index in [1.165, 1.54) is 0 Å². The Morgan fingerprint density at radius 3 is 2.35 bits per heavy atom. The molecule has 0 bridgehead atoms. The number of carbonyl (C=O) groups excluding carboxylic acids is 1. The van der Waals surface area contributed by atoms with E-state index in [0.29, 0.717) is 23.8 Å². The van der Waals surface area contributed by atoms with Crippen LogP contribution in [0.5, 0.6) is 17.2 Å². The highest BCUT2D eigenvalue weighted by Gasteiger charge is 2.44. The summed E-state index contributed by atoms with van der Waals surface area (Å²) in [5, 5.41) is 3.00. The Hall–Kier alpha value is -2.69. The number of aryl methyl sites for hydroxylation is 1. The lowest BCUT2D eigenvalue weighted by molar-refractivity contribution is -0.123. The van der Waals surface area contributed by atoms with Crippen LogP contribution in [0.2, 0.25) is 0 Å². The van der Waals surface area contributed by atoms with E-state index < -0.39 is 0 Å². The molecule has 3 rings (SSSR count). The van der Waals surface area contributed by atoms with E-state index in [0.717, 1.165) is 24.0 Å². The van der Waals surface area contributed by atoms with E-state index in [4.69, 9.17) is 14.2 Å². The summed E-state index contributed by atoms with van der Waals surface area (Å²) in [7, 11) is 3.25. The summed E-state index contributed by atoms with van der Waals surface area (Å²) in [6.45, 7) is 2.63. The van der Waals surface area contributed by atoms with Crippen LogP contribution in [0.3, 0.4) is 0 Å². The summed E-state index contributed by atoms with van der Waals surface area (Å²) in [5.74, 6) is 2.01. The number of benzene rings is 2. The van der Waals surface area contributed by atoms with Crippen LogP contribution in [0.15, 0.2) is 42.5 Å². The summed E-state index contributed by atoms with van der Waals surface area (Å²) >= 11 is 0. The number of rotatable bonds is 8. The third-order valence-electron chi connectivity index (χ3n) is 4.86. The van der Waals surface area contributed by atoms with Gasteiger partial charge in [-0.2, -0.15) is 0 Å². The van der Waals surface area contributed by atoms with Gasteiger partial charge in [0.05, 0.1) is 14.2 Å². The van der Waals surface area contributed by atoms with Gasteiger partial charge in [0, 0.05) is 12.0 Å². The fourth-order valence-corrected chi connectivity index (χ4v) is 2.99. The smallest absolute Gasteiger partial charge is 0.257 e. The fourth-order valence-electron chi connectivity index (χ4n) is 2.99. The van der Waals surface area contributed by atoms with Gasteiger partial charge >= 0.3 is 0 Å². The van der Waals surface area contributed by atoms with Crippen molar-refractivity contribution >= 4 is 5.91 Å². The summed E-state index contributed by atoms with van der Waals surface area (Å²) in [5.41, 5.74) is 2.31. The molecule has 2 aromatic carbocycles. The van der Waals surface area contributed by atoms with Crippen molar-refractivity contribution in [2.45, 2.75) is 25.2 Å². The SMILES string of the molecule is COc1ccc(C2(CNC(=O)COc3ccc(C)cc3)CC2)cc1OC. The zero-order chi connectivity index (χ0) is 18.6. The maximum Gasteiger partial charge on any atom is 0.257 e. The molecule has 1 saturated carbocycles. The van der Waals surface area contributed by atoms with Gasteiger partial charge in [0.2, 0.25) is 0 Å². The van der Waals surface area contributed by atoms with Crippen LogP contribution in [0.4, 0.5) is 0 Å². The van der Waals surface area contributed by atoms with Gasteiger partial charge in [-0.15, -0.1) is 0 Å².